The predicted octanol–water partition coefficient (Wildman–Crippen LogP) is 4.45. The fourth-order valence-electron chi connectivity index (χ4n) is 4.10. The van der Waals surface area contributed by atoms with Crippen molar-refractivity contribution >= 4 is 5.91 Å². The number of carbonyl (C=O) groups excluding carboxylic acids is 1. The van der Waals surface area contributed by atoms with Crippen LogP contribution in [0.15, 0.2) is 71.1 Å². The Balaban J connectivity index is 1.38. The maximum Gasteiger partial charge on any atom is 0.287 e. The molecule has 0 bridgehead atoms. The van der Waals surface area contributed by atoms with Crippen LogP contribution in [0, 0.1) is 5.82 Å². The van der Waals surface area contributed by atoms with Crippen molar-refractivity contribution in [1.29, 1.82) is 0 Å². The van der Waals surface area contributed by atoms with Crippen molar-refractivity contribution in [2.45, 2.75) is 32.5 Å². The molecule has 1 amide bonds. The molecule has 2 aromatic carbocycles. The fraction of sp³-hybridized carbons (Fsp3) is 0.346. The molecule has 0 spiro atoms. The molecule has 0 atom stereocenters. The molecule has 6 heteroatoms. The van der Waals surface area contributed by atoms with Crippen molar-refractivity contribution in [3.63, 3.8) is 0 Å². The first-order chi connectivity index (χ1) is 15.7. The summed E-state index contributed by atoms with van der Waals surface area (Å²) in [6.45, 7) is 5.27. The molecule has 168 valence electrons. The zero-order valence-corrected chi connectivity index (χ0v) is 18.3. The van der Waals surface area contributed by atoms with Gasteiger partial charge >= 0.3 is 0 Å². The quantitative estimate of drug-likeness (QED) is 0.511. The number of hydrogen-bond acceptors (Lipinski definition) is 4. The molecule has 32 heavy (non-hydrogen) atoms. The van der Waals surface area contributed by atoms with E-state index in [9.17, 15) is 9.18 Å². The number of hydrogen-bond donors (Lipinski definition) is 1. The Bertz CT molecular complexity index is 999. The van der Waals surface area contributed by atoms with E-state index in [4.69, 9.17) is 4.42 Å². The van der Waals surface area contributed by atoms with E-state index in [1.54, 1.807) is 18.2 Å². The molecule has 0 radical (unpaired) electrons. The minimum Gasteiger partial charge on any atom is -0.455 e. The van der Waals surface area contributed by atoms with Gasteiger partial charge in [-0.2, -0.15) is 0 Å². The molecular weight excluding hydrogens is 405 g/mol. The summed E-state index contributed by atoms with van der Waals surface area (Å²) in [4.78, 5) is 16.9. The molecule has 2 heterocycles. The van der Waals surface area contributed by atoms with E-state index >= 15 is 0 Å². The van der Waals surface area contributed by atoms with Gasteiger partial charge in [0.15, 0.2) is 5.76 Å². The number of rotatable bonds is 10. The summed E-state index contributed by atoms with van der Waals surface area (Å²) in [5.41, 5.74) is 1.77. The summed E-state index contributed by atoms with van der Waals surface area (Å²) < 4.78 is 20.1. The summed E-state index contributed by atoms with van der Waals surface area (Å²) in [5.74, 6) is 0.580. The Morgan fingerprint density at radius 3 is 2.47 bits per heavy atom. The Kier molecular flexibility index (Phi) is 7.69. The minimum absolute atomic E-state index is 0.195. The monoisotopic (exact) mass is 435 g/mol. The second-order valence-corrected chi connectivity index (χ2v) is 8.29. The Morgan fingerprint density at radius 1 is 0.938 bits per heavy atom. The van der Waals surface area contributed by atoms with E-state index in [-0.39, 0.29) is 11.7 Å². The molecule has 0 saturated carbocycles. The highest BCUT2D eigenvalue weighted by Gasteiger charge is 2.16. The van der Waals surface area contributed by atoms with Gasteiger partial charge in [-0.05, 0) is 49.7 Å². The first-order valence-corrected chi connectivity index (χ1v) is 11.3. The van der Waals surface area contributed by atoms with Crippen LogP contribution in [-0.4, -0.2) is 41.9 Å². The van der Waals surface area contributed by atoms with E-state index in [1.807, 2.05) is 30.3 Å². The lowest BCUT2D eigenvalue weighted by Crippen LogP contribution is -2.33. The van der Waals surface area contributed by atoms with Gasteiger partial charge in [-0.15, -0.1) is 0 Å². The van der Waals surface area contributed by atoms with Crippen LogP contribution in [0.2, 0.25) is 0 Å². The number of benzene rings is 2. The third kappa shape index (κ3) is 6.28. The largest absolute Gasteiger partial charge is 0.455 e. The van der Waals surface area contributed by atoms with Crippen LogP contribution in [0.25, 0.3) is 0 Å². The molecule has 5 nitrogen and oxygen atoms in total. The number of nitrogens with zero attached hydrogens (tertiary/aromatic N) is 2. The highest BCUT2D eigenvalue weighted by Crippen LogP contribution is 2.18. The van der Waals surface area contributed by atoms with Crippen LogP contribution in [-0.2, 0) is 19.6 Å². The lowest BCUT2D eigenvalue weighted by Gasteiger charge is -2.22. The van der Waals surface area contributed by atoms with Gasteiger partial charge in [0.1, 0.15) is 11.6 Å². The molecule has 0 aliphatic carbocycles. The van der Waals surface area contributed by atoms with E-state index in [0.29, 0.717) is 43.3 Å². The minimum atomic E-state index is -0.219. The van der Waals surface area contributed by atoms with E-state index < -0.39 is 0 Å². The topological polar surface area (TPSA) is 48.7 Å². The third-order valence-corrected chi connectivity index (χ3v) is 5.78. The van der Waals surface area contributed by atoms with Gasteiger partial charge in [0, 0.05) is 31.7 Å². The maximum absolute atomic E-state index is 14.3. The average Bonchev–Trinajstić information content (AvgIpc) is 3.48. The zero-order chi connectivity index (χ0) is 22.2. The second-order valence-electron chi connectivity index (χ2n) is 8.29. The smallest absolute Gasteiger partial charge is 0.287 e. The molecule has 1 aliphatic heterocycles. The Morgan fingerprint density at radius 2 is 1.69 bits per heavy atom. The van der Waals surface area contributed by atoms with Crippen LogP contribution in [0.5, 0.6) is 0 Å². The molecule has 1 aromatic heterocycles. The first-order valence-electron chi connectivity index (χ1n) is 11.3. The number of likely N-dealkylation sites (tertiary alicyclic amines) is 1. The zero-order valence-electron chi connectivity index (χ0n) is 18.3. The number of carbonyl (C=O) groups is 1. The van der Waals surface area contributed by atoms with E-state index in [1.165, 1.54) is 18.9 Å². The summed E-state index contributed by atoms with van der Waals surface area (Å²) >= 11 is 0. The highest BCUT2D eigenvalue weighted by molar-refractivity contribution is 5.91. The molecule has 1 N–H and O–H groups in total. The van der Waals surface area contributed by atoms with Crippen molar-refractivity contribution in [3.05, 3.63) is 95.2 Å². The van der Waals surface area contributed by atoms with Crippen molar-refractivity contribution in [1.82, 2.24) is 15.1 Å². The molecule has 1 aliphatic rings. The van der Waals surface area contributed by atoms with E-state index in [2.05, 4.69) is 27.2 Å². The maximum atomic E-state index is 14.3. The lowest BCUT2D eigenvalue weighted by atomic mass is 10.1. The van der Waals surface area contributed by atoms with Crippen LogP contribution < -0.4 is 5.32 Å². The summed E-state index contributed by atoms with van der Waals surface area (Å²) in [7, 11) is 0. The van der Waals surface area contributed by atoms with Gasteiger partial charge in [-0.1, -0.05) is 48.5 Å². The fourth-order valence-corrected chi connectivity index (χ4v) is 4.10. The Labute approximate surface area is 188 Å². The second kappa shape index (κ2) is 11.1. The number of halogens is 1. The molecular formula is C26H30FN3O2. The number of nitrogens with one attached hydrogen (secondary N) is 1. The SMILES string of the molecule is O=C(NCCN1CCCC1)c1ccc(CN(Cc2ccccc2)Cc2ccccc2F)o1. The predicted molar refractivity (Wildman–Crippen MR) is 123 cm³/mol. The van der Waals surface area contributed by atoms with Crippen molar-refractivity contribution in [2.75, 3.05) is 26.2 Å². The number of furan rings is 1. The molecule has 0 unspecified atom stereocenters. The highest BCUT2D eigenvalue weighted by atomic mass is 19.1. The van der Waals surface area contributed by atoms with E-state index in [0.717, 1.165) is 25.2 Å². The summed E-state index contributed by atoms with van der Waals surface area (Å²) in [6, 6.07) is 20.4. The lowest BCUT2D eigenvalue weighted by molar-refractivity contribution is 0.0917. The molecule has 1 fully saturated rings. The molecule has 3 aromatic rings. The third-order valence-electron chi connectivity index (χ3n) is 5.78. The van der Waals surface area contributed by atoms with Gasteiger partial charge < -0.3 is 14.6 Å². The summed E-state index contributed by atoms with van der Waals surface area (Å²) in [6.07, 6.45) is 2.48. The first kappa shape index (κ1) is 22.2. The van der Waals surface area contributed by atoms with Crippen molar-refractivity contribution in [2.24, 2.45) is 0 Å². The van der Waals surface area contributed by atoms with Crippen LogP contribution in [0.4, 0.5) is 4.39 Å². The number of amides is 1. The average molecular weight is 436 g/mol. The normalized spacial score (nSPS) is 14.2. The van der Waals surface area contributed by atoms with Gasteiger partial charge in [-0.25, -0.2) is 4.39 Å². The standard InChI is InChI=1S/C26H30FN3O2/c27-24-11-5-4-10-22(24)19-30(18-21-8-2-1-3-9-21)20-23-12-13-25(32-23)26(31)28-14-17-29-15-6-7-16-29/h1-5,8-13H,6-7,14-20H2,(H,28,31). The van der Waals surface area contributed by atoms with Gasteiger partial charge in [0.25, 0.3) is 5.91 Å². The van der Waals surface area contributed by atoms with Crippen molar-refractivity contribution < 1.29 is 13.6 Å². The van der Waals surface area contributed by atoms with Crippen LogP contribution in [0.3, 0.4) is 0 Å². The van der Waals surface area contributed by atoms with Gasteiger partial charge in [0.2, 0.25) is 0 Å². The molecule has 4 rings (SSSR count). The van der Waals surface area contributed by atoms with Crippen LogP contribution >= 0.6 is 0 Å². The van der Waals surface area contributed by atoms with Gasteiger partial charge in [-0.3, -0.25) is 9.69 Å². The van der Waals surface area contributed by atoms with Crippen LogP contribution in [0.1, 0.15) is 40.3 Å². The summed E-state index contributed by atoms with van der Waals surface area (Å²) in [5, 5.41) is 2.94. The van der Waals surface area contributed by atoms with Crippen molar-refractivity contribution in [3.8, 4) is 0 Å². The van der Waals surface area contributed by atoms with Gasteiger partial charge in [0.05, 0.1) is 6.54 Å². The Hall–Kier alpha value is -2.96. The molecule has 1 saturated heterocycles.